The van der Waals surface area contributed by atoms with Crippen LogP contribution in [0.25, 0.3) is 0 Å². The minimum atomic E-state index is -0.725. The summed E-state index contributed by atoms with van der Waals surface area (Å²) in [7, 11) is 0. The number of carbonyl (C=O) groups is 1. The van der Waals surface area contributed by atoms with Gasteiger partial charge >= 0.3 is 0 Å². The SMILES string of the molecule is CC(C)CN=C1NC(=O)C(C)(c2ccccc2)N1. The summed E-state index contributed by atoms with van der Waals surface area (Å²) in [6, 6.07) is 9.68. The second-order valence-electron chi connectivity index (χ2n) is 5.15. The average Bonchev–Trinajstić information content (AvgIpc) is 2.65. The van der Waals surface area contributed by atoms with Crippen LogP contribution in [0.15, 0.2) is 35.3 Å². The fourth-order valence-electron chi connectivity index (χ4n) is 1.89. The van der Waals surface area contributed by atoms with Crippen molar-refractivity contribution in [2.45, 2.75) is 26.3 Å². The van der Waals surface area contributed by atoms with Gasteiger partial charge in [-0.3, -0.25) is 15.1 Å². The van der Waals surface area contributed by atoms with Gasteiger partial charge in [0.15, 0.2) is 5.96 Å². The summed E-state index contributed by atoms with van der Waals surface area (Å²) < 4.78 is 0. The van der Waals surface area contributed by atoms with Crippen molar-refractivity contribution in [1.82, 2.24) is 10.6 Å². The predicted octanol–water partition coefficient (Wildman–Crippen LogP) is 1.63. The van der Waals surface area contributed by atoms with Gasteiger partial charge in [-0.05, 0) is 18.4 Å². The van der Waals surface area contributed by atoms with E-state index in [0.29, 0.717) is 18.4 Å². The summed E-state index contributed by atoms with van der Waals surface area (Å²) in [5.74, 6) is 0.982. The molecule has 0 aromatic heterocycles. The number of nitrogens with zero attached hydrogens (tertiary/aromatic N) is 1. The van der Waals surface area contributed by atoms with E-state index in [9.17, 15) is 4.79 Å². The number of aliphatic imine (C=N–C) groups is 1. The monoisotopic (exact) mass is 245 g/mol. The van der Waals surface area contributed by atoms with Crippen LogP contribution in [0, 0.1) is 5.92 Å². The average molecular weight is 245 g/mol. The standard InChI is InChI=1S/C14H19N3O/c1-10(2)9-15-13-16-12(18)14(3,17-13)11-7-5-4-6-8-11/h4-8,10H,9H2,1-3H3,(H2,15,16,17,18). The van der Waals surface area contributed by atoms with E-state index in [0.717, 1.165) is 5.56 Å². The van der Waals surface area contributed by atoms with Gasteiger partial charge in [0.05, 0.1) is 0 Å². The number of amides is 1. The van der Waals surface area contributed by atoms with Crippen LogP contribution in [0.3, 0.4) is 0 Å². The van der Waals surface area contributed by atoms with E-state index in [2.05, 4.69) is 29.5 Å². The van der Waals surface area contributed by atoms with E-state index in [1.54, 1.807) is 0 Å². The number of hydrogen-bond donors (Lipinski definition) is 2. The molecular weight excluding hydrogens is 226 g/mol. The molecule has 2 N–H and O–H groups in total. The van der Waals surface area contributed by atoms with Crippen molar-refractivity contribution in [2.75, 3.05) is 6.54 Å². The smallest absolute Gasteiger partial charge is 0.256 e. The Bertz CT molecular complexity index is 467. The summed E-state index contributed by atoms with van der Waals surface area (Å²) in [4.78, 5) is 16.5. The quantitative estimate of drug-likeness (QED) is 0.850. The Morgan fingerprint density at radius 3 is 2.56 bits per heavy atom. The molecule has 1 saturated heterocycles. The maximum absolute atomic E-state index is 12.1. The number of nitrogens with one attached hydrogen (secondary N) is 2. The molecule has 18 heavy (non-hydrogen) atoms. The Labute approximate surface area is 108 Å². The zero-order valence-electron chi connectivity index (χ0n) is 11.0. The Morgan fingerprint density at radius 2 is 1.94 bits per heavy atom. The molecule has 0 radical (unpaired) electrons. The van der Waals surface area contributed by atoms with Gasteiger partial charge in [-0.2, -0.15) is 0 Å². The lowest BCUT2D eigenvalue weighted by molar-refractivity contribution is -0.123. The molecule has 1 aliphatic heterocycles. The van der Waals surface area contributed by atoms with Crippen molar-refractivity contribution in [3.05, 3.63) is 35.9 Å². The summed E-state index contributed by atoms with van der Waals surface area (Å²) in [6.45, 7) is 6.76. The predicted molar refractivity (Wildman–Crippen MR) is 72.2 cm³/mol. The van der Waals surface area contributed by atoms with Crippen LogP contribution in [0.4, 0.5) is 0 Å². The molecule has 1 aromatic rings. The molecule has 0 spiro atoms. The lowest BCUT2D eigenvalue weighted by Crippen LogP contribution is -2.40. The summed E-state index contributed by atoms with van der Waals surface area (Å²) in [5, 5.41) is 5.98. The number of guanidine groups is 1. The third-order valence-electron chi connectivity index (χ3n) is 3.02. The third kappa shape index (κ3) is 2.37. The van der Waals surface area contributed by atoms with Gasteiger partial charge in [0.2, 0.25) is 0 Å². The number of benzene rings is 1. The maximum Gasteiger partial charge on any atom is 0.256 e. The Morgan fingerprint density at radius 1 is 1.28 bits per heavy atom. The summed E-state index contributed by atoms with van der Waals surface area (Å²) in [6.07, 6.45) is 0. The van der Waals surface area contributed by atoms with Crippen molar-refractivity contribution >= 4 is 11.9 Å². The fraction of sp³-hybridized carbons (Fsp3) is 0.429. The molecule has 1 atom stereocenters. The Hall–Kier alpha value is -1.84. The van der Waals surface area contributed by atoms with Gasteiger partial charge in [-0.1, -0.05) is 44.2 Å². The zero-order chi connectivity index (χ0) is 13.2. The molecule has 0 saturated carbocycles. The van der Waals surface area contributed by atoms with E-state index < -0.39 is 5.54 Å². The first-order chi connectivity index (χ1) is 8.52. The lowest BCUT2D eigenvalue weighted by Gasteiger charge is -2.21. The Kier molecular flexibility index (Phi) is 3.36. The molecule has 4 nitrogen and oxygen atoms in total. The highest BCUT2D eigenvalue weighted by Crippen LogP contribution is 2.23. The Balaban J connectivity index is 2.21. The van der Waals surface area contributed by atoms with E-state index >= 15 is 0 Å². The molecule has 1 amide bonds. The van der Waals surface area contributed by atoms with Crippen LogP contribution in [0.5, 0.6) is 0 Å². The van der Waals surface area contributed by atoms with Crippen LogP contribution in [0.1, 0.15) is 26.3 Å². The largest absolute Gasteiger partial charge is 0.338 e. The molecule has 1 aliphatic rings. The molecule has 1 unspecified atom stereocenters. The van der Waals surface area contributed by atoms with Gasteiger partial charge in [-0.15, -0.1) is 0 Å². The van der Waals surface area contributed by atoms with E-state index in [4.69, 9.17) is 0 Å². The molecule has 2 rings (SSSR count). The second-order valence-corrected chi connectivity index (χ2v) is 5.15. The molecule has 0 aliphatic carbocycles. The van der Waals surface area contributed by atoms with Gasteiger partial charge in [-0.25, -0.2) is 0 Å². The van der Waals surface area contributed by atoms with Gasteiger partial charge in [0, 0.05) is 6.54 Å². The van der Waals surface area contributed by atoms with Crippen LogP contribution in [-0.2, 0) is 10.3 Å². The van der Waals surface area contributed by atoms with Crippen molar-refractivity contribution in [1.29, 1.82) is 0 Å². The van der Waals surface area contributed by atoms with Crippen LogP contribution >= 0.6 is 0 Å². The van der Waals surface area contributed by atoms with Gasteiger partial charge in [0.25, 0.3) is 5.91 Å². The minimum absolute atomic E-state index is 0.0591. The van der Waals surface area contributed by atoms with Crippen LogP contribution in [0.2, 0.25) is 0 Å². The van der Waals surface area contributed by atoms with Crippen molar-refractivity contribution in [2.24, 2.45) is 10.9 Å². The number of carbonyl (C=O) groups excluding carboxylic acids is 1. The molecule has 96 valence electrons. The topological polar surface area (TPSA) is 53.5 Å². The third-order valence-corrected chi connectivity index (χ3v) is 3.02. The first-order valence-electron chi connectivity index (χ1n) is 6.22. The van der Waals surface area contributed by atoms with Crippen molar-refractivity contribution in [3.8, 4) is 0 Å². The maximum atomic E-state index is 12.1. The molecule has 1 heterocycles. The summed E-state index contributed by atoms with van der Waals surface area (Å²) in [5.41, 5.74) is 0.217. The van der Waals surface area contributed by atoms with Crippen molar-refractivity contribution < 1.29 is 4.79 Å². The molecule has 4 heteroatoms. The lowest BCUT2D eigenvalue weighted by atomic mass is 9.92. The minimum Gasteiger partial charge on any atom is -0.338 e. The van der Waals surface area contributed by atoms with Crippen LogP contribution in [-0.4, -0.2) is 18.4 Å². The highest BCUT2D eigenvalue weighted by molar-refractivity contribution is 6.09. The zero-order valence-corrected chi connectivity index (χ0v) is 11.0. The molecular formula is C14H19N3O. The van der Waals surface area contributed by atoms with Crippen LogP contribution < -0.4 is 10.6 Å². The normalized spacial score (nSPS) is 25.3. The molecule has 1 aromatic carbocycles. The van der Waals surface area contributed by atoms with E-state index in [-0.39, 0.29) is 5.91 Å². The van der Waals surface area contributed by atoms with Gasteiger partial charge < -0.3 is 5.32 Å². The highest BCUT2D eigenvalue weighted by Gasteiger charge is 2.42. The van der Waals surface area contributed by atoms with Gasteiger partial charge in [0.1, 0.15) is 5.54 Å². The first-order valence-corrected chi connectivity index (χ1v) is 6.22. The number of rotatable bonds is 3. The second kappa shape index (κ2) is 4.80. The fourth-order valence-corrected chi connectivity index (χ4v) is 1.89. The van der Waals surface area contributed by atoms with E-state index in [1.807, 2.05) is 37.3 Å². The number of hydrogen-bond acceptors (Lipinski definition) is 2. The first kappa shape index (κ1) is 12.6. The molecule has 0 bridgehead atoms. The van der Waals surface area contributed by atoms with E-state index in [1.165, 1.54) is 0 Å². The highest BCUT2D eigenvalue weighted by atomic mass is 16.2. The van der Waals surface area contributed by atoms with Crippen molar-refractivity contribution in [3.63, 3.8) is 0 Å². The molecule has 1 fully saturated rings. The summed E-state index contributed by atoms with van der Waals surface area (Å²) >= 11 is 0.